The van der Waals surface area contributed by atoms with Crippen LogP contribution in [0.4, 0.5) is 5.69 Å². The monoisotopic (exact) mass is 337 g/mol. The lowest BCUT2D eigenvalue weighted by Crippen LogP contribution is -2.15. The van der Waals surface area contributed by atoms with Crippen molar-refractivity contribution in [3.8, 4) is 0 Å². The van der Waals surface area contributed by atoms with Crippen molar-refractivity contribution in [2.45, 2.75) is 26.7 Å². The van der Waals surface area contributed by atoms with Crippen molar-refractivity contribution in [3.63, 3.8) is 0 Å². The molecule has 0 fully saturated rings. The summed E-state index contributed by atoms with van der Waals surface area (Å²) in [6, 6.07) is 10.4. The number of aryl methyl sites for hydroxylation is 2. The molecule has 0 aliphatic carbocycles. The number of hydrogen-bond donors (Lipinski definition) is 1. The smallest absolute Gasteiger partial charge is 0.338 e. The fraction of sp³-hybridized carbons (Fsp3) is 0.250. The van der Waals surface area contributed by atoms with E-state index in [9.17, 15) is 14.4 Å². The van der Waals surface area contributed by atoms with E-state index >= 15 is 0 Å². The maximum Gasteiger partial charge on any atom is 0.338 e. The van der Waals surface area contributed by atoms with Gasteiger partial charge in [-0.05, 0) is 56.2 Å². The summed E-state index contributed by atoms with van der Waals surface area (Å²) < 4.78 is 5.16. The summed E-state index contributed by atoms with van der Waals surface area (Å²) in [5.74, 6) is -1.19. The highest BCUT2D eigenvalue weighted by molar-refractivity contribution is 6.05. The molecule has 1 amide bonds. The second-order valence-corrected chi connectivity index (χ2v) is 6.33. The molecule has 2 aromatic rings. The van der Waals surface area contributed by atoms with Crippen LogP contribution in [-0.2, 0) is 9.53 Å². The summed E-state index contributed by atoms with van der Waals surface area (Å²) in [5.41, 5.74) is 4.26. The number of carbonyl (C=O) groups is 3. The maximum atomic E-state index is 12.3. The van der Waals surface area contributed by atoms with Gasteiger partial charge in [0.2, 0.25) is 5.91 Å². The predicted molar refractivity (Wildman–Crippen MR) is 94.0 cm³/mol. The molecule has 5 nitrogen and oxygen atoms in total. The third-order valence-electron chi connectivity index (χ3n) is 4.43. The summed E-state index contributed by atoms with van der Waals surface area (Å²) in [4.78, 5) is 36.2. The number of carbonyl (C=O) groups excluding carboxylic acids is 3. The van der Waals surface area contributed by atoms with Gasteiger partial charge in [-0.15, -0.1) is 0 Å². The molecule has 5 heteroatoms. The molecule has 1 atom stereocenters. The fourth-order valence-electron chi connectivity index (χ4n) is 2.93. The molecule has 1 aliphatic rings. The normalized spacial score (nSPS) is 15.5. The van der Waals surface area contributed by atoms with Crippen LogP contribution in [0.15, 0.2) is 36.4 Å². The second-order valence-electron chi connectivity index (χ2n) is 6.33. The van der Waals surface area contributed by atoms with Crippen molar-refractivity contribution in [1.82, 2.24) is 0 Å². The Morgan fingerprint density at radius 2 is 1.88 bits per heavy atom. The third-order valence-corrected chi connectivity index (χ3v) is 4.43. The zero-order chi connectivity index (χ0) is 18.1. The molecule has 0 saturated heterocycles. The van der Waals surface area contributed by atoms with E-state index in [4.69, 9.17) is 4.74 Å². The van der Waals surface area contributed by atoms with E-state index in [1.165, 1.54) is 0 Å². The Morgan fingerprint density at radius 3 is 2.60 bits per heavy atom. The highest BCUT2D eigenvalue weighted by Gasteiger charge is 2.27. The Kier molecular flexibility index (Phi) is 4.40. The molecular weight excluding hydrogens is 318 g/mol. The molecule has 0 aromatic heterocycles. The fourth-order valence-corrected chi connectivity index (χ4v) is 2.93. The summed E-state index contributed by atoms with van der Waals surface area (Å²) >= 11 is 0. The Hall–Kier alpha value is -2.95. The molecular formula is C20H19NO4. The highest BCUT2D eigenvalue weighted by atomic mass is 16.5. The zero-order valence-electron chi connectivity index (χ0n) is 14.4. The van der Waals surface area contributed by atoms with Crippen LogP contribution in [-0.4, -0.2) is 24.3 Å². The number of nitrogens with one attached hydrogen (secondary N) is 1. The molecule has 0 saturated carbocycles. The van der Waals surface area contributed by atoms with Crippen molar-refractivity contribution >= 4 is 23.3 Å². The van der Waals surface area contributed by atoms with Crippen molar-refractivity contribution in [1.29, 1.82) is 0 Å². The Bertz CT molecular complexity index is 885. The van der Waals surface area contributed by atoms with Gasteiger partial charge in [-0.3, -0.25) is 9.59 Å². The number of esters is 1. The van der Waals surface area contributed by atoms with Gasteiger partial charge in [-0.2, -0.15) is 0 Å². The standard InChI is InChI=1S/C20H19NO4/c1-11-4-6-15(12(2)8-11)20(24)25-10-18(22)14-5-7-17-16(9-14)13(3)19(23)21-17/h4-9,13H,10H2,1-3H3,(H,21,23)/t13-/m0/s1. The molecule has 1 heterocycles. The Balaban J connectivity index is 1.69. The summed E-state index contributed by atoms with van der Waals surface area (Å²) in [7, 11) is 0. The van der Waals surface area contributed by atoms with Crippen LogP contribution in [0.2, 0.25) is 0 Å². The number of amides is 1. The van der Waals surface area contributed by atoms with E-state index in [1.807, 2.05) is 26.0 Å². The minimum absolute atomic E-state index is 0.0825. The van der Waals surface area contributed by atoms with Crippen LogP contribution in [0.5, 0.6) is 0 Å². The first-order chi connectivity index (χ1) is 11.9. The zero-order valence-corrected chi connectivity index (χ0v) is 14.4. The number of Topliss-reactive ketones (excluding diaryl/α,β-unsaturated/α-hetero) is 1. The van der Waals surface area contributed by atoms with Crippen molar-refractivity contribution in [3.05, 3.63) is 64.2 Å². The van der Waals surface area contributed by atoms with Crippen LogP contribution in [0.1, 0.15) is 50.2 Å². The number of fused-ring (bicyclic) bond motifs is 1. The molecule has 2 aromatic carbocycles. The van der Waals surface area contributed by atoms with Gasteiger partial charge in [0.25, 0.3) is 0 Å². The molecule has 0 radical (unpaired) electrons. The molecule has 0 unspecified atom stereocenters. The average Bonchev–Trinajstić information content (AvgIpc) is 2.86. The first kappa shape index (κ1) is 16.9. The molecule has 0 spiro atoms. The number of anilines is 1. The van der Waals surface area contributed by atoms with E-state index in [0.29, 0.717) is 11.1 Å². The number of rotatable bonds is 4. The van der Waals surface area contributed by atoms with Crippen LogP contribution >= 0.6 is 0 Å². The van der Waals surface area contributed by atoms with Gasteiger partial charge in [0.15, 0.2) is 12.4 Å². The number of benzene rings is 2. The Labute approximate surface area is 146 Å². The number of hydrogen-bond acceptors (Lipinski definition) is 4. The average molecular weight is 337 g/mol. The number of ketones is 1. The number of ether oxygens (including phenoxy) is 1. The van der Waals surface area contributed by atoms with Crippen molar-refractivity contribution in [2.75, 3.05) is 11.9 Å². The van der Waals surface area contributed by atoms with Gasteiger partial charge in [0.05, 0.1) is 11.5 Å². The van der Waals surface area contributed by atoms with Crippen LogP contribution in [0.3, 0.4) is 0 Å². The van der Waals surface area contributed by atoms with Gasteiger partial charge < -0.3 is 10.1 Å². The van der Waals surface area contributed by atoms with E-state index in [0.717, 1.165) is 22.4 Å². The quantitative estimate of drug-likeness (QED) is 0.685. The lowest BCUT2D eigenvalue weighted by atomic mass is 9.99. The van der Waals surface area contributed by atoms with E-state index in [-0.39, 0.29) is 24.2 Å². The van der Waals surface area contributed by atoms with Gasteiger partial charge in [-0.1, -0.05) is 17.7 Å². The van der Waals surface area contributed by atoms with E-state index in [1.54, 1.807) is 31.2 Å². The minimum Gasteiger partial charge on any atom is -0.454 e. The SMILES string of the molecule is Cc1ccc(C(=O)OCC(=O)c2ccc3c(c2)[C@H](C)C(=O)N3)c(C)c1. The predicted octanol–water partition coefficient (Wildman–Crippen LogP) is 3.40. The highest BCUT2D eigenvalue weighted by Crippen LogP contribution is 2.32. The third kappa shape index (κ3) is 3.31. The van der Waals surface area contributed by atoms with E-state index < -0.39 is 5.97 Å². The molecule has 3 rings (SSSR count). The molecule has 1 aliphatic heterocycles. The first-order valence-corrected chi connectivity index (χ1v) is 8.09. The Morgan fingerprint density at radius 1 is 1.12 bits per heavy atom. The lowest BCUT2D eigenvalue weighted by molar-refractivity contribution is -0.116. The second kappa shape index (κ2) is 6.51. The van der Waals surface area contributed by atoms with E-state index in [2.05, 4.69) is 5.32 Å². The summed E-state index contributed by atoms with van der Waals surface area (Å²) in [6.45, 7) is 5.23. The molecule has 25 heavy (non-hydrogen) atoms. The van der Waals surface area contributed by atoms with Gasteiger partial charge >= 0.3 is 5.97 Å². The molecule has 0 bridgehead atoms. The topological polar surface area (TPSA) is 72.5 Å². The van der Waals surface area contributed by atoms with Crippen molar-refractivity contribution in [2.24, 2.45) is 0 Å². The van der Waals surface area contributed by atoms with Gasteiger partial charge in [0, 0.05) is 11.3 Å². The first-order valence-electron chi connectivity index (χ1n) is 8.09. The van der Waals surface area contributed by atoms with Crippen LogP contribution in [0, 0.1) is 13.8 Å². The summed E-state index contributed by atoms with van der Waals surface area (Å²) in [6.07, 6.45) is 0. The summed E-state index contributed by atoms with van der Waals surface area (Å²) in [5, 5.41) is 2.76. The van der Waals surface area contributed by atoms with Crippen LogP contribution < -0.4 is 5.32 Å². The van der Waals surface area contributed by atoms with Gasteiger partial charge in [0.1, 0.15) is 0 Å². The largest absolute Gasteiger partial charge is 0.454 e. The van der Waals surface area contributed by atoms with Gasteiger partial charge in [-0.25, -0.2) is 4.79 Å². The minimum atomic E-state index is -0.516. The molecule has 1 N–H and O–H groups in total. The lowest BCUT2D eigenvalue weighted by Gasteiger charge is -2.08. The van der Waals surface area contributed by atoms with Crippen LogP contribution in [0.25, 0.3) is 0 Å². The maximum absolute atomic E-state index is 12.3. The van der Waals surface area contributed by atoms with Crippen molar-refractivity contribution < 1.29 is 19.1 Å². The molecule has 128 valence electrons.